The minimum atomic E-state index is 0.315. The predicted molar refractivity (Wildman–Crippen MR) is 66.9 cm³/mol. The minimum Gasteiger partial charge on any atom is -0.396 e. The van der Waals surface area contributed by atoms with Crippen molar-refractivity contribution in [2.75, 3.05) is 26.2 Å². The van der Waals surface area contributed by atoms with E-state index in [0.717, 1.165) is 32.4 Å². The van der Waals surface area contributed by atoms with Gasteiger partial charge in [-0.05, 0) is 45.2 Å². The van der Waals surface area contributed by atoms with Gasteiger partial charge in [0, 0.05) is 19.1 Å². The van der Waals surface area contributed by atoms with E-state index in [-0.39, 0.29) is 0 Å². The number of unbranched alkanes of at least 4 members (excludes halogenated alkanes) is 2. The standard InChI is InChI=1S/C11H22N2OS/c12-11(15)10-5-4-7-13(9-10)6-2-1-3-8-14/h10,14H,1-9H2,(H2,12,15). The monoisotopic (exact) mass is 230 g/mol. The molecule has 0 radical (unpaired) electrons. The molecule has 1 saturated heterocycles. The summed E-state index contributed by atoms with van der Waals surface area (Å²) in [6.45, 7) is 3.65. The summed E-state index contributed by atoms with van der Waals surface area (Å²) < 4.78 is 0. The summed E-state index contributed by atoms with van der Waals surface area (Å²) in [5, 5.41) is 8.67. The third-order valence-corrected chi connectivity index (χ3v) is 3.37. The highest BCUT2D eigenvalue weighted by atomic mass is 32.1. The molecule has 0 spiro atoms. The van der Waals surface area contributed by atoms with Crippen LogP contribution in [0, 0.1) is 5.92 Å². The van der Waals surface area contributed by atoms with Gasteiger partial charge in [-0.25, -0.2) is 0 Å². The zero-order chi connectivity index (χ0) is 11.1. The second-order valence-corrected chi connectivity index (χ2v) is 4.80. The molecule has 1 heterocycles. The van der Waals surface area contributed by atoms with Crippen molar-refractivity contribution in [3.63, 3.8) is 0 Å². The van der Waals surface area contributed by atoms with Crippen molar-refractivity contribution >= 4 is 17.2 Å². The summed E-state index contributed by atoms with van der Waals surface area (Å²) in [6, 6.07) is 0. The average molecular weight is 230 g/mol. The van der Waals surface area contributed by atoms with Crippen LogP contribution < -0.4 is 5.73 Å². The van der Waals surface area contributed by atoms with Crippen molar-refractivity contribution in [1.82, 2.24) is 4.90 Å². The first-order valence-corrected chi connectivity index (χ1v) is 6.27. The number of nitrogens with zero attached hydrogens (tertiary/aromatic N) is 1. The van der Waals surface area contributed by atoms with Crippen molar-refractivity contribution < 1.29 is 5.11 Å². The molecule has 1 unspecified atom stereocenters. The van der Waals surface area contributed by atoms with Crippen molar-refractivity contribution in [3.8, 4) is 0 Å². The Kier molecular flexibility index (Phi) is 6.13. The zero-order valence-electron chi connectivity index (χ0n) is 9.32. The maximum absolute atomic E-state index is 8.67. The lowest BCUT2D eigenvalue weighted by atomic mass is 9.98. The summed E-state index contributed by atoms with van der Waals surface area (Å²) in [7, 11) is 0. The summed E-state index contributed by atoms with van der Waals surface area (Å²) in [5.74, 6) is 0.423. The van der Waals surface area contributed by atoms with E-state index in [4.69, 9.17) is 23.1 Å². The number of rotatable bonds is 6. The maximum Gasteiger partial charge on any atom is 0.0771 e. The second kappa shape index (κ2) is 7.14. The molecule has 1 atom stereocenters. The molecule has 88 valence electrons. The van der Waals surface area contributed by atoms with Crippen LogP contribution in [-0.2, 0) is 0 Å². The molecular formula is C11H22N2OS. The van der Waals surface area contributed by atoms with Crippen LogP contribution in [0.4, 0.5) is 0 Å². The smallest absolute Gasteiger partial charge is 0.0771 e. The molecule has 0 aliphatic carbocycles. The van der Waals surface area contributed by atoms with E-state index in [9.17, 15) is 0 Å². The molecule has 15 heavy (non-hydrogen) atoms. The average Bonchev–Trinajstić information content (AvgIpc) is 2.25. The van der Waals surface area contributed by atoms with E-state index in [2.05, 4.69) is 4.90 Å². The number of aliphatic hydroxyl groups is 1. The molecule has 4 heteroatoms. The molecule has 1 fully saturated rings. The normalized spacial score (nSPS) is 22.9. The lowest BCUT2D eigenvalue weighted by Gasteiger charge is -2.32. The van der Waals surface area contributed by atoms with Crippen LogP contribution in [0.25, 0.3) is 0 Å². The van der Waals surface area contributed by atoms with Gasteiger partial charge in [-0.3, -0.25) is 0 Å². The van der Waals surface area contributed by atoms with Gasteiger partial charge in [-0.1, -0.05) is 12.2 Å². The molecule has 0 saturated carbocycles. The fraction of sp³-hybridized carbons (Fsp3) is 0.909. The quantitative estimate of drug-likeness (QED) is 0.531. The van der Waals surface area contributed by atoms with Gasteiger partial charge < -0.3 is 15.7 Å². The topological polar surface area (TPSA) is 49.5 Å². The van der Waals surface area contributed by atoms with E-state index >= 15 is 0 Å². The number of hydrogen-bond acceptors (Lipinski definition) is 3. The molecule has 1 rings (SSSR count). The van der Waals surface area contributed by atoms with Gasteiger partial charge in [0.25, 0.3) is 0 Å². The summed E-state index contributed by atoms with van der Waals surface area (Å²) in [5.41, 5.74) is 5.68. The molecule has 1 aliphatic heterocycles. The highest BCUT2D eigenvalue weighted by Gasteiger charge is 2.20. The summed E-state index contributed by atoms with van der Waals surface area (Å²) in [4.78, 5) is 3.13. The van der Waals surface area contributed by atoms with Crippen molar-refractivity contribution in [1.29, 1.82) is 0 Å². The van der Waals surface area contributed by atoms with Crippen LogP contribution in [0.5, 0.6) is 0 Å². The minimum absolute atomic E-state index is 0.315. The van der Waals surface area contributed by atoms with Crippen molar-refractivity contribution in [2.24, 2.45) is 11.7 Å². The first-order chi connectivity index (χ1) is 7.24. The Labute approximate surface area is 97.6 Å². The molecule has 3 N–H and O–H groups in total. The van der Waals surface area contributed by atoms with Crippen LogP contribution in [0.2, 0.25) is 0 Å². The summed E-state index contributed by atoms with van der Waals surface area (Å²) >= 11 is 5.04. The van der Waals surface area contributed by atoms with Crippen LogP contribution in [-0.4, -0.2) is 41.2 Å². The molecule has 0 aromatic rings. The van der Waals surface area contributed by atoms with E-state index in [1.165, 1.54) is 19.4 Å². The summed E-state index contributed by atoms with van der Waals surface area (Å²) in [6.07, 6.45) is 5.58. The molecule has 3 nitrogen and oxygen atoms in total. The number of hydrogen-bond donors (Lipinski definition) is 2. The number of piperidine rings is 1. The Hall–Kier alpha value is -0.190. The third-order valence-electron chi connectivity index (χ3n) is 3.04. The van der Waals surface area contributed by atoms with Crippen LogP contribution >= 0.6 is 12.2 Å². The van der Waals surface area contributed by atoms with Gasteiger partial charge in [0.05, 0.1) is 4.99 Å². The maximum atomic E-state index is 8.67. The second-order valence-electron chi connectivity index (χ2n) is 4.33. The predicted octanol–water partition coefficient (Wildman–Crippen LogP) is 1.15. The van der Waals surface area contributed by atoms with E-state index in [0.29, 0.717) is 17.5 Å². The highest BCUT2D eigenvalue weighted by Crippen LogP contribution is 2.17. The Morgan fingerprint density at radius 2 is 2.20 bits per heavy atom. The molecule has 0 aromatic heterocycles. The zero-order valence-corrected chi connectivity index (χ0v) is 10.1. The highest BCUT2D eigenvalue weighted by molar-refractivity contribution is 7.80. The van der Waals surface area contributed by atoms with Gasteiger partial charge >= 0.3 is 0 Å². The van der Waals surface area contributed by atoms with Crippen molar-refractivity contribution in [2.45, 2.75) is 32.1 Å². The van der Waals surface area contributed by atoms with Crippen LogP contribution in [0.15, 0.2) is 0 Å². The Balaban J connectivity index is 2.15. The SMILES string of the molecule is NC(=S)C1CCCN(CCCCCO)C1. The molecular weight excluding hydrogens is 208 g/mol. The van der Waals surface area contributed by atoms with Gasteiger partial charge in [0.2, 0.25) is 0 Å². The Bertz CT molecular complexity index is 199. The number of thiocarbonyl (C=S) groups is 1. The first kappa shape index (κ1) is 12.9. The van der Waals surface area contributed by atoms with Crippen LogP contribution in [0.1, 0.15) is 32.1 Å². The van der Waals surface area contributed by atoms with Gasteiger partial charge in [-0.2, -0.15) is 0 Å². The lowest BCUT2D eigenvalue weighted by molar-refractivity contribution is 0.198. The number of aliphatic hydroxyl groups excluding tert-OH is 1. The van der Waals surface area contributed by atoms with E-state index < -0.39 is 0 Å². The van der Waals surface area contributed by atoms with Crippen LogP contribution in [0.3, 0.4) is 0 Å². The van der Waals surface area contributed by atoms with Gasteiger partial charge in [0.1, 0.15) is 0 Å². The number of nitrogens with two attached hydrogens (primary N) is 1. The van der Waals surface area contributed by atoms with Crippen molar-refractivity contribution in [3.05, 3.63) is 0 Å². The third kappa shape index (κ3) is 4.91. The fourth-order valence-corrected chi connectivity index (χ4v) is 2.31. The lowest BCUT2D eigenvalue weighted by Crippen LogP contribution is -2.40. The molecule has 0 aromatic carbocycles. The molecule has 0 amide bonds. The Morgan fingerprint density at radius 3 is 2.87 bits per heavy atom. The first-order valence-electron chi connectivity index (χ1n) is 5.86. The van der Waals surface area contributed by atoms with Gasteiger partial charge in [-0.15, -0.1) is 0 Å². The van der Waals surface area contributed by atoms with E-state index in [1.807, 2.05) is 0 Å². The molecule has 1 aliphatic rings. The van der Waals surface area contributed by atoms with E-state index in [1.54, 1.807) is 0 Å². The number of likely N-dealkylation sites (tertiary alicyclic amines) is 1. The van der Waals surface area contributed by atoms with Gasteiger partial charge in [0.15, 0.2) is 0 Å². The largest absolute Gasteiger partial charge is 0.396 e. The fourth-order valence-electron chi connectivity index (χ4n) is 2.11. The molecule has 0 bridgehead atoms. The Morgan fingerprint density at radius 1 is 1.40 bits per heavy atom.